The van der Waals surface area contributed by atoms with Gasteiger partial charge in [-0.15, -0.1) is 11.3 Å². The highest BCUT2D eigenvalue weighted by Crippen LogP contribution is 2.57. The smallest absolute Gasteiger partial charge is 0.229 e. The molecule has 4 nitrogen and oxygen atoms in total. The van der Waals surface area contributed by atoms with Gasteiger partial charge in [-0.2, -0.15) is 0 Å². The van der Waals surface area contributed by atoms with Crippen molar-refractivity contribution in [2.75, 3.05) is 5.32 Å². The first-order valence-corrected chi connectivity index (χ1v) is 7.06. The molecular formula is C12H17N3OS. The third kappa shape index (κ3) is 1.98. The van der Waals surface area contributed by atoms with Crippen LogP contribution in [0.1, 0.15) is 37.9 Å². The number of nitrogens with two attached hydrogens (primary N) is 1. The molecule has 0 bridgehead atoms. The fraction of sp³-hybridized carbons (Fsp3) is 0.667. The Morgan fingerprint density at radius 1 is 1.59 bits per heavy atom. The van der Waals surface area contributed by atoms with Gasteiger partial charge in [0.25, 0.3) is 0 Å². The van der Waals surface area contributed by atoms with Gasteiger partial charge >= 0.3 is 0 Å². The number of hydrogen-bond acceptors (Lipinski definition) is 4. The van der Waals surface area contributed by atoms with Gasteiger partial charge in [-0.3, -0.25) is 4.79 Å². The van der Waals surface area contributed by atoms with Crippen LogP contribution in [0.15, 0.2) is 5.38 Å². The number of rotatable bonds is 3. The summed E-state index contributed by atoms with van der Waals surface area (Å²) < 4.78 is 0. The Hall–Kier alpha value is -0.940. The third-order valence-corrected chi connectivity index (χ3v) is 4.70. The van der Waals surface area contributed by atoms with Gasteiger partial charge in [-0.25, -0.2) is 4.98 Å². The number of nitrogens with zero attached hydrogens (tertiary/aromatic N) is 1. The van der Waals surface area contributed by atoms with Crippen molar-refractivity contribution in [2.45, 2.75) is 32.2 Å². The van der Waals surface area contributed by atoms with E-state index in [-0.39, 0.29) is 17.9 Å². The van der Waals surface area contributed by atoms with Crippen LogP contribution in [0.25, 0.3) is 0 Å². The lowest BCUT2D eigenvalue weighted by Gasteiger charge is -2.03. The van der Waals surface area contributed by atoms with Crippen molar-refractivity contribution in [1.29, 1.82) is 0 Å². The molecule has 0 spiro atoms. The molecule has 5 heteroatoms. The average Bonchev–Trinajstić information content (AvgIpc) is 2.72. The van der Waals surface area contributed by atoms with Crippen LogP contribution in [-0.4, -0.2) is 10.9 Å². The molecule has 1 aromatic rings. The summed E-state index contributed by atoms with van der Waals surface area (Å²) in [4.78, 5) is 16.3. The largest absolute Gasteiger partial charge is 0.323 e. The van der Waals surface area contributed by atoms with Crippen LogP contribution >= 0.6 is 11.3 Å². The molecule has 92 valence electrons. The zero-order valence-corrected chi connectivity index (χ0v) is 10.7. The number of anilines is 1. The minimum atomic E-state index is -0.0720. The predicted molar refractivity (Wildman–Crippen MR) is 67.7 cm³/mol. The van der Waals surface area contributed by atoms with Crippen LogP contribution in [-0.2, 0) is 4.79 Å². The van der Waals surface area contributed by atoms with E-state index >= 15 is 0 Å². The molecule has 0 aromatic carbocycles. The van der Waals surface area contributed by atoms with E-state index in [4.69, 9.17) is 5.73 Å². The molecule has 2 saturated carbocycles. The minimum absolute atomic E-state index is 0.0720. The second-order valence-electron chi connectivity index (χ2n) is 5.14. The van der Waals surface area contributed by atoms with E-state index in [1.165, 1.54) is 30.6 Å². The van der Waals surface area contributed by atoms with Crippen molar-refractivity contribution in [3.05, 3.63) is 11.1 Å². The summed E-state index contributed by atoms with van der Waals surface area (Å²) in [6.45, 7) is 1.89. The Bertz CT molecular complexity index is 433. The summed E-state index contributed by atoms with van der Waals surface area (Å²) in [5.74, 6) is 1.72. The number of amides is 1. The van der Waals surface area contributed by atoms with Crippen LogP contribution in [0.5, 0.6) is 0 Å². The number of hydrogen-bond donors (Lipinski definition) is 2. The second kappa shape index (κ2) is 4.07. The van der Waals surface area contributed by atoms with Gasteiger partial charge in [0.15, 0.2) is 5.13 Å². The van der Waals surface area contributed by atoms with Gasteiger partial charge < -0.3 is 11.1 Å². The molecule has 1 aromatic heterocycles. The molecule has 3 unspecified atom stereocenters. The van der Waals surface area contributed by atoms with Crippen molar-refractivity contribution >= 4 is 22.4 Å². The topological polar surface area (TPSA) is 68.0 Å². The summed E-state index contributed by atoms with van der Waals surface area (Å²) in [5, 5.41) is 5.52. The predicted octanol–water partition coefficient (Wildman–Crippen LogP) is 2.15. The Kier molecular flexibility index (Phi) is 2.67. The number of thiazole rings is 1. The van der Waals surface area contributed by atoms with Gasteiger partial charge in [0.1, 0.15) is 0 Å². The van der Waals surface area contributed by atoms with E-state index in [0.717, 1.165) is 5.69 Å². The molecule has 0 saturated heterocycles. The Labute approximate surface area is 105 Å². The maximum atomic E-state index is 12.0. The zero-order valence-electron chi connectivity index (χ0n) is 9.85. The molecule has 1 amide bonds. The lowest BCUT2D eigenvalue weighted by molar-refractivity contribution is -0.118. The van der Waals surface area contributed by atoms with Crippen molar-refractivity contribution in [3.8, 4) is 0 Å². The minimum Gasteiger partial charge on any atom is -0.323 e. The zero-order chi connectivity index (χ0) is 12.0. The average molecular weight is 251 g/mol. The van der Waals surface area contributed by atoms with E-state index in [1.54, 1.807) is 0 Å². The molecule has 0 aliphatic heterocycles. The highest BCUT2D eigenvalue weighted by molar-refractivity contribution is 7.13. The summed E-state index contributed by atoms with van der Waals surface area (Å²) in [6, 6.07) is -0.0720. The van der Waals surface area contributed by atoms with E-state index in [2.05, 4.69) is 10.3 Å². The van der Waals surface area contributed by atoms with Crippen molar-refractivity contribution in [3.63, 3.8) is 0 Å². The fourth-order valence-corrected chi connectivity index (χ4v) is 3.77. The lowest BCUT2D eigenvalue weighted by Crippen LogP contribution is -2.16. The molecule has 2 aliphatic rings. The molecule has 3 rings (SSSR count). The molecular weight excluding hydrogens is 234 g/mol. The number of nitrogens with one attached hydrogen (secondary N) is 1. The monoisotopic (exact) mass is 251 g/mol. The van der Waals surface area contributed by atoms with E-state index in [0.29, 0.717) is 17.0 Å². The van der Waals surface area contributed by atoms with E-state index < -0.39 is 0 Å². The Morgan fingerprint density at radius 2 is 2.29 bits per heavy atom. The second-order valence-corrected chi connectivity index (χ2v) is 6.00. The normalized spacial score (nSPS) is 32.0. The fourth-order valence-electron chi connectivity index (χ4n) is 2.95. The first kappa shape index (κ1) is 11.2. The van der Waals surface area contributed by atoms with Gasteiger partial charge in [0.2, 0.25) is 5.91 Å². The lowest BCUT2D eigenvalue weighted by atomic mass is 10.1. The molecule has 2 aliphatic carbocycles. The highest BCUT2D eigenvalue weighted by atomic mass is 32.1. The van der Waals surface area contributed by atoms with Gasteiger partial charge in [0.05, 0.1) is 5.69 Å². The van der Waals surface area contributed by atoms with E-state index in [9.17, 15) is 4.79 Å². The van der Waals surface area contributed by atoms with Gasteiger partial charge in [-0.1, -0.05) is 6.42 Å². The molecule has 0 radical (unpaired) electrons. The quantitative estimate of drug-likeness (QED) is 0.865. The first-order chi connectivity index (χ1) is 8.16. The van der Waals surface area contributed by atoms with Gasteiger partial charge in [-0.05, 0) is 31.6 Å². The molecule has 1 heterocycles. The maximum Gasteiger partial charge on any atom is 0.229 e. The first-order valence-electron chi connectivity index (χ1n) is 6.18. The van der Waals surface area contributed by atoms with Crippen LogP contribution in [0.4, 0.5) is 5.13 Å². The maximum absolute atomic E-state index is 12.0. The van der Waals surface area contributed by atoms with Gasteiger partial charge in [0, 0.05) is 17.3 Å². The Morgan fingerprint density at radius 3 is 2.88 bits per heavy atom. The summed E-state index contributed by atoms with van der Waals surface area (Å²) in [6.07, 6.45) is 3.75. The third-order valence-electron chi connectivity index (χ3n) is 3.93. The number of aromatic nitrogens is 1. The molecule has 17 heavy (non-hydrogen) atoms. The molecule has 3 atom stereocenters. The van der Waals surface area contributed by atoms with Crippen molar-refractivity contribution < 1.29 is 4.79 Å². The molecule has 2 fully saturated rings. The van der Waals surface area contributed by atoms with E-state index in [1.807, 2.05) is 12.3 Å². The number of fused-ring (bicyclic) bond motifs is 1. The Balaban J connectivity index is 1.61. The number of carbonyl (C=O) groups is 1. The van der Waals surface area contributed by atoms with Crippen LogP contribution in [0.2, 0.25) is 0 Å². The standard InChI is InChI=1S/C12H17N3OS/c1-6(13)9-5-17-12(14-9)15-11(16)10-7-3-2-4-8(7)10/h5-8,10H,2-4,13H2,1H3,(H,14,15,16). The van der Waals surface area contributed by atoms with Crippen molar-refractivity contribution in [2.24, 2.45) is 23.5 Å². The molecule has 3 N–H and O–H groups in total. The summed E-state index contributed by atoms with van der Waals surface area (Å²) in [7, 11) is 0. The SMILES string of the molecule is CC(N)c1csc(NC(=O)C2C3CCCC32)n1. The van der Waals surface area contributed by atoms with Crippen LogP contribution in [0.3, 0.4) is 0 Å². The van der Waals surface area contributed by atoms with Crippen LogP contribution in [0, 0.1) is 17.8 Å². The number of carbonyl (C=O) groups excluding carboxylic acids is 1. The van der Waals surface area contributed by atoms with Crippen LogP contribution < -0.4 is 11.1 Å². The highest BCUT2D eigenvalue weighted by Gasteiger charge is 2.56. The summed E-state index contributed by atoms with van der Waals surface area (Å²) >= 11 is 1.46. The van der Waals surface area contributed by atoms with Crippen molar-refractivity contribution in [1.82, 2.24) is 4.98 Å². The summed E-state index contributed by atoms with van der Waals surface area (Å²) in [5.41, 5.74) is 6.58.